The molecular formula is C17H17ClO2. The van der Waals surface area contributed by atoms with Gasteiger partial charge in [-0.15, -0.1) is 0 Å². The molecule has 0 aliphatic carbocycles. The molecule has 0 bridgehead atoms. The Hall–Kier alpha value is -1.80. The van der Waals surface area contributed by atoms with Gasteiger partial charge in [0.2, 0.25) is 0 Å². The van der Waals surface area contributed by atoms with Crippen molar-refractivity contribution in [2.45, 2.75) is 20.3 Å². The van der Waals surface area contributed by atoms with E-state index in [4.69, 9.17) is 16.3 Å². The number of hydrogen-bond acceptors (Lipinski definition) is 2. The maximum absolute atomic E-state index is 12.6. The van der Waals surface area contributed by atoms with E-state index in [1.807, 2.05) is 38.1 Å². The number of ketones is 1. The summed E-state index contributed by atoms with van der Waals surface area (Å²) >= 11 is 6.09. The minimum absolute atomic E-state index is 0.0707. The summed E-state index contributed by atoms with van der Waals surface area (Å²) in [5.41, 5.74) is 2.10. The fourth-order valence-corrected chi connectivity index (χ4v) is 2.06. The summed E-state index contributed by atoms with van der Waals surface area (Å²) in [5.74, 6) is 0.551. The molecule has 0 saturated heterocycles. The molecule has 2 nitrogen and oxygen atoms in total. The zero-order valence-electron chi connectivity index (χ0n) is 11.7. The van der Waals surface area contributed by atoms with E-state index in [2.05, 4.69) is 0 Å². The van der Waals surface area contributed by atoms with Crippen molar-refractivity contribution in [3.63, 3.8) is 0 Å². The van der Waals surface area contributed by atoms with Gasteiger partial charge in [-0.25, -0.2) is 0 Å². The minimum Gasteiger partial charge on any atom is -0.493 e. The normalized spacial score (nSPS) is 10.3. The highest BCUT2D eigenvalue weighted by molar-refractivity contribution is 6.32. The average Bonchev–Trinajstić information content (AvgIpc) is 2.47. The van der Waals surface area contributed by atoms with Gasteiger partial charge in [0.15, 0.2) is 5.78 Å². The Morgan fingerprint density at radius 2 is 1.95 bits per heavy atom. The van der Waals surface area contributed by atoms with Crippen LogP contribution in [0.1, 0.15) is 34.8 Å². The molecular weight excluding hydrogens is 272 g/mol. The van der Waals surface area contributed by atoms with Gasteiger partial charge in [0.25, 0.3) is 0 Å². The Morgan fingerprint density at radius 3 is 2.65 bits per heavy atom. The number of benzene rings is 2. The van der Waals surface area contributed by atoms with Crippen LogP contribution in [0, 0.1) is 6.92 Å². The second-order valence-electron chi connectivity index (χ2n) is 4.64. The molecule has 2 aromatic carbocycles. The number of hydrogen-bond donors (Lipinski definition) is 0. The molecule has 0 amide bonds. The predicted molar refractivity (Wildman–Crippen MR) is 81.8 cm³/mol. The zero-order chi connectivity index (χ0) is 14.5. The third-order valence-electron chi connectivity index (χ3n) is 3.03. The van der Waals surface area contributed by atoms with Gasteiger partial charge >= 0.3 is 0 Å². The molecule has 0 aliphatic rings. The van der Waals surface area contributed by atoms with E-state index in [1.165, 1.54) is 0 Å². The first-order valence-corrected chi connectivity index (χ1v) is 7.04. The van der Waals surface area contributed by atoms with E-state index >= 15 is 0 Å². The van der Waals surface area contributed by atoms with Crippen molar-refractivity contribution in [2.24, 2.45) is 0 Å². The molecule has 0 radical (unpaired) electrons. The Labute approximate surface area is 124 Å². The molecule has 0 heterocycles. The highest BCUT2D eigenvalue weighted by atomic mass is 35.5. The van der Waals surface area contributed by atoms with Crippen molar-refractivity contribution in [1.82, 2.24) is 0 Å². The minimum atomic E-state index is -0.0707. The van der Waals surface area contributed by atoms with E-state index in [1.54, 1.807) is 18.2 Å². The standard InChI is InChI=1S/C17H17ClO2/c1-3-10-20-16-7-5-4-6-14(16)17(19)13-9-8-12(2)15(18)11-13/h4-9,11H,3,10H2,1-2H3. The first kappa shape index (κ1) is 14.6. The van der Waals surface area contributed by atoms with Crippen LogP contribution < -0.4 is 4.74 Å². The smallest absolute Gasteiger partial charge is 0.196 e. The van der Waals surface area contributed by atoms with Crippen LogP contribution in [0.4, 0.5) is 0 Å². The number of carbonyl (C=O) groups is 1. The molecule has 0 aliphatic heterocycles. The second kappa shape index (κ2) is 6.58. The van der Waals surface area contributed by atoms with Crippen LogP contribution in [0.2, 0.25) is 5.02 Å². The molecule has 0 aromatic heterocycles. The first-order valence-electron chi connectivity index (χ1n) is 6.66. The Morgan fingerprint density at radius 1 is 1.20 bits per heavy atom. The highest BCUT2D eigenvalue weighted by Crippen LogP contribution is 2.24. The summed E-state index contributed by atoms with van der Waals surface area (Å²) in [6.07, 6.45) is 0.902. The van der Waals surface area contributed by atoms with Crippen LogP contribution in [-0.2, 0) is 0 Å². The van der Waals surface area contributed by atoms with Gasteiger partial charge in [-0.05, 0) is 37.1 Å². The summed E-state index contributed by atoms with van der Waals surface area (Å²) in [7, 11) is 0. The van der Waals surface area contributed by atoms with Crippen LogP contribution in [0.15, 0.2) is 42.5 Å². The molecule has 0 atom stereocenters. The Balaban J connectivity index is 2.35. The van der Waals surface area contributed by atoms with Crippen molar-refractivity contribution < 1.29 is 9.53 Å². The number of halogens is 1. The van der Waals surface area contributed by atoms with Crippen LogP contribution in [0.5, 0.6) is 5.75 Å². The van der Waals surface area contributed by atoms with Gasteiger partial charge in [-0.2, -0.15) is 0 Å². The lowest BCUT2D eigenvalue weighted by molar-refractivity contribution is 0.103. The maximum Gasteiger partial charge on any atom is 0.196 e. The highest BCUT2D eigenvalue weighted by Gasteiger charge is 2.15. The van der Waals surface area contributed by atoms with E-state index in [0.717, 1.165) is 12.0 Å². The fourth-order valence-electron chi connectivity index (χ4n) is 1.88. The third kappa shape index (κ3) is 3.20. The van der Waals surface area contributed by atoms with E-state index in [-0.39, 0.29) is 5.78 Å². The van der Waals surface area contributed by atoms with Gasteiger partial charge in [0.05, 0.1) is 12.2 Å². The molecule has 0 unspecified atom stereocenters. The van der Waals surface area contributed by atoms with Gasteiger partial charge in [-0.3, -0.25) is 4.79 Å². The van der Waals surface area contributed by atoms with Crippen molar-refractivity contribution in [1.29, 1.82) is 0 Å². The lowest BCUT2D eigenvalue weighted by Gasteiger charge is -2.10. The van der Waals surface area contributed by atoms with Crippen LogP contribution >= 0.6 is 11.6 Å². The van der Waals surface area contributed by atoms with Crippen LogP contribution in [0.3, 0.4) is 0 Å². The number of ether oxygens (including phenoxy) is 1. The number of aryl methyl sites for hydroxylation is 1. The summed E-state index contributed by atoms with van der Waals surface area (Å²) in [4.78, 5) is 12.6. The molecule has 0 spiro atoms. The summed E-state index contributed by atoms with van der Waals surface area (Å²) in [6, 6.07) is 12.6. The van der Waals surface area contributed by atoms with E-state index in [0.29, 0.717) is 28.5 Å². The molecule has 0 fully saturated rings. The molecule has 2 aromatic rings. The largest absolute Gasteiger partial charge is 0.493 e. The lowest BCUT2D eigenvalue weighted by Crippen LogP contribution is -2.06. The number of rotatable bonds is 5. The topological polar surface area (TPSA) is 26.3 Å². The summed E-state index contributed by atoms with van der Waals surface area (Å²) in [5, 5.41) is 0.600. The predicted octanol–water partition coefficient (Wildman–Crippen LogP) is 4.67. The van der Waals surface area contributed by atoms with E-state index in [9.17, 15) is 4.79 Å². The third-order valence-corrected chi connectivity index (χ3v) is 3.43. The van der Waals surface area contributed by atoms with Crippen LogP contribution in [-0.4, -0.2) is 12.4 Å². The average molecular weight is 289 g/mol. The summed E-state index contributed by atoms with van der Waals surface area (Å²) < 4.78 is 5.63. The first-order chi connectivity index (χ1) is 9.63. The molecule has 3 heteroatoms. The number of carbonyl (C=O) groups excluding carboxylic acids is 1. The maximum atomic E-state index is 12.6. The molecule has 2 rings (SSSR count). The Kier molecular flexibility index (Phi) is 4.80. The van der Waals surface area contributed by atoms with Crippen molar-refractivity contribution in [3.05, 3.63) is 64.2 Å². The van der Waals surface area contributed by atoms with Gasteiger partial charge in [0.1, 0.15) is 5.75 Å². The zero-order valence-corrected chi connectivity index (χ0v) is 12.4. The van der Waals surface area contributed by atoms with Crippen molar-refractivity contribution in [2.75, 3.05) is 6.61 Å². The fraction of sp³-hybridized carbons (Fsp3) is 0.235. The Bertz CT molecular complexity index is 620. The lowest BCUT2D eigenvalue weighted by atomic mass is 10.0. The van der Waals surface area contributed by atoms with Gasteiger partial charge in [-0.1, -0.05) is 42.8 Å². The quantitative estimate of drug-likeness (QED) is 0.748. The molecule has 0 N–H and O–H groups in total. The molecule has 104 valence electrons. The van der Waals surface area contributed by atoms with E-state index < -0.39 is 0 Å². The molecule has 20 heavy (non-hydrogen) atoms. The van der Waals surface area contributed by atoms with Crippen LogP contribution in [0.25, 0.3) is 0 Å². The summed E-state index contributed by atoms with van der Waals surface area (Å²) in [6.45, 7) is 4.54. The van der Waals surface area contributed by atoms with Gasteiger partial charge < -0.3 is 4.74 Å². The molecule has 0 saturated carbocycles. The SMILES string of the molecule is CCCOc1ccccc1C(=O)c1ccc(C)c(Cl)c1. The monoisotopic (exact) mass is 288 g/mol. The van der Waals surface area contributed by atoms with Crippen molar-refractivity contribution >= 4 is 17.4 Å². The second-order valence-corrected chi connectivity index (χ2v) is 5.04. The van der Waals surface area contributed by atoms with Gasteiger partial charge in [0, 0.05) is 10.6 Å². The number of para-hydroxylation sites is 1. The van der Waals surface area contributed by atoms with Crippen molar-refractivity contribution in [3.8, 4) is 5.75 Å².